The first-order valence-corrected chi connectivity index (χ1v) is 9.99. The maximum absolute atomic E-state index is 12.4. The Labute approximate surface area is 170 Å². The van der Waals surface area contributed by atoms with Gasteiger partial charge >= 0.3 is 0 Å². The molecule has 1 saturated heterocycles. The van der Waals surface area contributed by atoms with E-state index in [1.807, 2.05) is 36.8 Å². The standard InChI is InChI=1S/C22H27N5O2/c1-29-14-9-24-22(28)19-4-5-20-6-7-21(27(20)17-19)26-12-10-25(11-13-26)16-18-3-2-8-23-15-18/h2-8,15,17H,9-14,16H2,1H3,(H,24,28). The lowest BCUT2D eigenvalue weighted by molar-refractivity contribution is 0.0936. The molecule has 0 bridgehead atoms. The normalized spacial score (nSPS) is 15.0. The van der Waals surface area contributed by atoms with Crippen molar-refractivity contribution in [2.45, 2.75) is 6.54 Å². The summed E-state index contributed by atoms with van der Waals surface area (Å²) in [5.41, 5.74) is 2.99. The molecule has 7 heteroatoms. The summed E-state index contributed by atoms with van der Waals surface area (Å²) in [4.78, 5) is 21.4. The van der Waals surface area contributed by atoms with Crippen LogP contribution in [0.25, 0.3) is 5.52 Å². The van der Waals surface area contributed by atoms with E-state index in [1.165, 1.54) is 5.56 Å². The number of methoxy groups -OCH3 is 1. The summed E-state index contributed by atoms with van der Waals surface area (Å²) in [6.45, 7) is 5.85. The van der Waals surface area contributed by atoms with Crippen LogP contribution in [0.1, 0.15) is 15.9 Å². The van der Waals surface area contributed by atoms with Gasteiger partial charge in [-0.15, -0.1) is 0 Å². The highest BCUT2D eigenvalue weighted by Gasteiger charge is 2.20. The highest BCUT2D eigenvalue weighted by Crippen LogP contribution is 2.22. The van der Waals surface area contributed by atoms with Crippen molar-refractivity contribution in [3.8, 4) is 0 Å². The van der Waals surface area contributed by atoms with Crippen molar-refractivity contribution in [1.29, 1.82) is 0 Å². The van der Waals surface area contributed by atoms with Crippen molar-refractivity contribution in [3.05, 3.63) is 66.1 Å². The average molecular weight is 393 g/mol. The molecule has 1 amide bonds. The second kappa shape index (κ2) is 9.07. The summed E-state index contributed by atoms with van der Waals surface area (Å²) in [6.07, 6.45) is 5.67. The molecule has 0 unspecified atom stereocenters. The smallest absolute Gasteiger partial charge is 0.252 e. The third-order valence-corrected chi connectivity index (χ3v) is 5.31. The number of carbonyl (C=O) groups excluding carboxylic acids is 1. The molecule has 3 aromatic rings. The number of aromatic nitrogens is 2. The number of anilines is 1. The zero-order chi connectivity index (χ0) is 20.1. The molecule has 0 radical (unpaired) electrons. The molecule has 0 saturated carbocycles. The lowest BCUT2D eigenvalue weighted by Gasteiger charge is -2.35. The van der Waals surface area contributed by atoms with Crippen molar-refractivity contribution in [3.63, 3.8) is 0 Å². The molecule has 0 aromatic carbocycles. The van der Waals surface area contributed by atoms with E-state index in [1.54, 1.807) is 7.11 Å². The van der Waals surface area contributed by atoms with Gasteiger partial charge in [0, 0.05) is 70.5 Å². The van der Waals surface area contributed by atoms with Crippen LogP contribution in [0.5, 0.6) is 0 Å². The van der Waals surface area contributed by atoms with Crippen LogP contribution in [0.3, 0.4) is 0 Å². The molecule has 1 N–H and O–H groups in total. The second-order valence-electron chi connectivity index (χ2n) is 7.28. The summed E-state index contributed by atoms with van der Waals surface area (Å²) in [5.74, 6) is 1.05. The fraction of sp³-hybridized carbons (Fsp3) is 0.364. The molecule has 3 aromatic heterocycles. The minimum atomic E-state index is -0.0788. The Morgan fingerprint density at radius 1 is 1.14 bits per heavy atom. The fourth-order valence-corrected chi connectivity index (χ4v) is 3.73. The number of ether oxygens (including phenoxy) is 1. The minimum absolute atomic E-state index is 0.0788. The molecule has 4 heterocycles. The third kappa shape index (κ3) is 4.58. The Hall–Kier alpha value is -2.90. The van der Waals surface area contributed by atoms with E-state index < -0.39 is 0 Å². The first-order valence-electron chi connectivity index (χ1n) is 9.99. The number of hydrogen-bond acceptors (Lipinski definition) is 5. The minimum Gasteiger partial charge on any atom is -0.383 e. The lowest BCUT2D eigenvalue weighted by Crippen LogP contribution is -2.46. The Kier molecular flexibility index (Phi) is 6.07. The van der Waals surface area contributed by atoms with E-state index in [4.69, 9.17) is 4.74 Å². The maximum atomic E-state index is 12.4. The van der Waals surface area contributed by atoms with Crippen LogP contribution < -0.4 is 10.2 Å². The molecule has 0 atom stereocenters. The molecular formula is C22H27N5O2. The topological polar surface area (TPSA) is 62.1 Å². The first kappa shape index (κ1) is 19.4. The summed E-state index contributed by atoms with van der Waals surface area (Å²) < 4.78 is 7.11. The predicted octanol–water partition coefficient (Wildman–Crippen LogP) is 2.03. The number of fused-ring (bicyclic) bond motifs is 1. The number of amides is 1. The molecular weight excluding hydrogens is 366 g/mol. The molecule has 1 aliphatic rings. The molecule has 29 heavy (non-hydrogen) atoms. The van der Waals surface area contributed by atoms with Gasteiger partial charge in [-0.1, -0.05) is 6.07 Å². The van der Waals surface area contributed by atoms with E-state index in [9.17, 15) is 4.79 Å². The van der Waals surface area contributed by atoms with E-state index >= 15 is 0 Å². The second-order valence-corrected chi connectivity index (χ2v) is 7.28. The van der Waals surface area contributed by atoms with Gasteiger partial charge < -0.3 is 19.4 Å². The van der Waals surface area contributed by atoms with Gasteiger partial charge in [0.05, 0.1) is 12.2 Å². The van der Waals surface area contributed by atoms with Crippen molar-refractivity contribution in [2.24, 2.45) is 0 Å². The van der Waals surface area contributed by atoms with Gasteiger partial charge in [0.2, 0.25) is 0 Å². The van der Waals surface area contributed by atoms with Crippen molar-refractivity contribution < 1.29 is 9.53 Å². The van der Waals surface area contributed by atoms with Crippen LogP contribution in [0.2, 0.25) is 0 Å². The molecule has 4 rings (SSSR count). The summed E-state index contributed by atoms with van der Waals surface area (Å²) >= 11 is 0. The number of pyridine rings is 2. The van der Waals surface area contributed by atoms with Crippen LogP contribution in [0.15, 0.2) is 55.0 Å². The number of hydrogen-bond donors (Lipinski definition) is 1. The van der Waals surface area contributed by atoms with Gasteiger partial charge in [0.15, 0.2) is 0 Å². The zero-order valence-electron chi connectivity index (χ0n) is 16.8. The zero-order valence-corrected chi connectivity index (χ0v) is 16.8. The van der Waals surface area contributed by atoms with Gasteiger partial charge in [-0.2, -0.15) is 0 Å². The van der Waals surface area contributed by atoms with Gasteiger partial charge in [-0.25, -0.2) is 0 Å². The third-order valence-electron chi connectivity index (χ3n) is 5.31. The Morgan fingerprint density at radius 3 is 2.72 bits per heavy atom. The Balaban J connectivity index is 1.43. The highest BCUT2D eigenvalue weighted by molar-refractivity contribution is 5.94. The summed E-state index contributed by atoms with van der Waals surface area (Å²) in [7, 11) is 1.63. The van der Waals surface area contributed by atoms with Crippen LogP contribution in [0.4, 0.5) is 5.82 Å². The number of nitrogens with one attached hydrogen (secondary N) is 1. The quantitative estimate of drug-likeness (QED) is 0.623. The van der Waals surface area contributed by atoms with Gasteiger partial charge in [0.1, 0.15) is 5.82 Å². The SMILES string of the molecule is COCCNC(=O)c1ccc2ccc(N3CCN(Cc4cccnc4)CC3)n2c1. The van der Waals surface area contributed by atoms with E-state index in [2.05, 4.69) is 42.7 Å². The Bertz CT molecular complexity index is 948. The molecule has 7 nitrogen and oxygen atoms in total. The van der Waals surface area contributed by atoms with Gasteiger partial charge in [-0.05, 0) is 35.9 Å². The maximum Gasteiger partial charge on any atom is 0.252 e. The summed E-state index contributed by atoms with van der Waals surface area (Å²) in [5, 5.41) is 2.88. The number of rotatable bonds is 7. The molecule has 1 fully saturated rings. The van der Waals surface area contributed by atoms with Crippen LogP contribution in [-0.4, -0.2) is 66.6 Å². The van der Waals surface area contributed by atoms with E-state index in [-0.39, 0.29) is 5.91 Å². The number of carbonyl (C=O) groups is 1. The Morgan fingerprint density at radius 2 is 1.97 bits per heavy atom. The molecule has 152 valence electrons. The lowest BCUT2D eigenvalue weighted by atomic mass is 10.2. The van der Waals surface area contributed by atoms with E-state index in [0.29, 0.717) is 18.7 Å². The van der Waals surface area contributed by atoms with Crippen LogP contribution in [-0.2, 0) is 11.3 Å². The van der Waals surface area contributed by atoms with Crippen molar-refractivity contribution >= 4 is 17.2 Å². The average Bonchev–Trinajstić information content (AvgIpc) is 3.18. The number of nitrogens with zero attached hydrogens (tertiary/aromatic N) is 4. The van der Waals surface area contributed by atoms with Crippen LogP contribution >= 0.6 is 0 Å². The number of piperazine rings is 1. The molecule has 0 aliphatic carbocycles. The van der Waals surface area contributed by atoms with Gasteiger partial charge in [-0.3, -0.25) is 14.7 Å². The molecule has 1 aliphatic heterocycles. The fourth-order valence-electron chi connectivity index (χ4n) is 3.73. The molecule has 0 spiro atoms. The largest absolute Gasteiger partial charge is 0.383 e. The monoisotopic (exact) mass is 393 g/mol. The van der Waals surface area contributed by atoms with Gasteiger partial charge in [0.25, 0.3) is 5.91 Å². The predicted molar refractivity (Wildman–Crippen MR) is 113 cm³/mol. The van der Waals surface area contributed by atoms with Crippen molar-refractivity contribution in [2.75, 3.05) is 51.3 Å². The van der Waals surface area contributed by atoms with Crippen LogP contribution in [0, 0.1) is 0 Å². The highest BCUT2D eigenvalue weighted by atomic mass is 16.5. The summed E-state index contributed by atoms with van der Waals surface area (Å²) in [6, 6.07) is 12.2. The van der Waals surface area contributed by atoms with E-state index in [0.717, 1.165) is 44.1 Å². The van der Waals surface area contributed by atoms with Crippen molar-refractivity contribution in [1.82, 2.24) is 19.6 Å². The first-order chi connectivity index (χ1) is 14.2.